The lowest BCUT2D eigenvalue weighted by molar-refractivity contribution is -0.338. The highest BCUT2D eigenvalue weighted by Gasteiger charge is 2.51. The first-order valence-corrected chi connectivity index (χ1v) is 13.5. The van der Waals surface area contributed by atoms with Crippen LogP contribution in [0.2, 0.25) is 0 Å². The van der Waals surface area contributed by atoms with Gasteiger partial charge in [0.25, 0.3) is 0 Å². The SMILES string of the molecule is COc1ccc(-c2cc(=O)c3c(O)c([C@@H]4O[C@H](CO)[C@@H](O)[C@H](O)[C@@H]4O[C@@H]4O[C@H](C)[C@H](O)[C@@H](O)[C@H]4O)c(OC)cc3o2)cc1. The first kappa shape index (κ1) is 31.1. The largest absolute Gasteiger partial charge is 0.506 e. The van der Waals surface area contributed by atoms with Gasteiger partial charge in [0.2, 0.25) is 0 Å². The molecule has 0 amide bonds. The third kappa shape index (κ3) is 5.57. The summed E-state index contributed by atoms with van der Waals surface area (Å²) >= 11 is 0. The summed E-state index contributed by atoms with van der Waals surface area (Å²) in [6.45, 7) is 0.686. The summed E-state index contributed by atoms with van der Waals surface area (Å²) in [6.07, 6.45) is -15.5. The first-order chi connectivity index (χ1) is 20.5. The van der Waals surface area contributed by atoms with E-state index in [1.54, 1.807) is 24.3 Å². The third-order valence-corrected chi connectivity index (χ3v) is 7.84. The number of hydrogen-bond donors (Lipinski definition) is 7. The second-order valence-electron chi connectivity index (χ2n) is 10.5. The number of hydrogen-bond acceptors (Lipinski definition) is 14. The Balaban J connectivity index is 1.60. The normalized spacial score (nSPS) is 33.0. The molecule has 0 saturated carbocycles. The van der Waals surface area contributed by atoms with Gasteiger partial charge in [-0.2, -0.15) is 0 Å². The zero-order valence-corrected chi connectivity index (χ0v) is 23.4. The van der Waals surface area contributed by atoms with Crippen LogP contribution in [0.25, 0.3) is 22.3 Å². The lowest BCUT2D eigenvalue weighted by atomic mass is 9.89. The Morgan fingerprint density at radius 3 is 2.19 bits per heavy atom. The zero-order chi connectivity index (χ0) is 31.2. The Labute approximate surface area is 244 Å². The number of aliphatic hydroxyl groups is 6. The van der Waals surface area contributed by atoms with Gasteiger partial charge in [-0.1, -0.05) is 0 Å². The zero-order valence-electron chi connectivity index (χ0n) is 23.4. The summed E-state index contributed by atoms with van der Waals surface area (Å²) < 4.78 is 33.8. The predicted molar refractivity (Wildman–Crippen MR) is 147 cm³/mol. The summed E-state index contributed by atoms with van der Waals surface area (Å²) in [4.78, 5) is 13.3. The number of aliphatic hydroxyl groups excluding tert-OH is 6. The summed E-state index contributed by atoms with van der Waals surface area (Å²) in [5.74, 6) is 0.0894. The van der Waals surface area contributed by atoms with E-state index in [1.807, 2.05) is 0 Å². The Bertz CT molecular complexity index is 1490. The molecule has 0 unspecified atom stereocenters. The molecule has 3 heterocycles. The van der Waals surface area contributed by atoms with E-state index in [0.717, 1.165) is 0 Å². The van der Waals surface area contributed by atoms with Crippen LogP contribution in [0, 0.1) is 0 Å². The number of phenolic OH excluding ortho intramolecular Hbond substituents is 1. The van der Waals surface area contributed by atoms with Gasteiger partial charge in [-0.3, -0.25) is 4.79 Å². The van der Waals surface area contributed by atoms with Crippen LogP contribution in [0.15, 0.2) is 45.6 Å². The Kier molecular flexibility index (Phi) is 8.94. The fraction of sp³-hybridized carbons (Fsp3) is 0.483. The van der Waals surface area contributed by atoms with Crippen molar-refractivity contribution in [3.8, 4) is 28.6 Å². The molecule has 2 aromatic carbocycles. The van der Waals surface area contributed by atoms with Crippen molar-refractivity contribution in [2.75, 3.05) is 20.8 Å². The van der Waals surface area contributed by atoms with Crippen molar-refractivity contribution in [3.63, 3.8) is 0 Å². The Morgan fingerprint density at radius 2 is 1.56 bits per heavy atom. The van der Waals surface area contributed by atoms with Crippen LogP contribution in [-0.4, -0.2) is 112 Å². The molecule has 5 rings (SSSR count). The number of phenols is 1. The number of fused-ring (bicyclic) bond motifs is 1. The van der Waals surface area contributed by atoms with E-state index in [9.17, 15) is 40.5 Å². The maximum Gasteiger partial charge on any atom is 0.197 e. The van der Waals surface area contributed by atoms with Crippen molar-refractivity contribution in [1.82, 2.24) is 0 Å². The standard InChI is InChI=1S/C29H34O14/c1-11-21(32)24(35)26(37)29(40-11)43-28-25(36)22(33)18(10-30)42-27(28)20-16(39-3)9-17-19(23(20)34)14(31)8-15(41-17)12-4-6-13(38-2)7-5-12/h4-9,11,18,21-22,24-30,32-37H,10H2,1-3H3/t11-,18-,21+,22-,24-,25+,26-,27+,28+,29+/m1/s1. The minimum absolute atomic E-state index is 0.0408. The fourth-order valence-electron chi connectivity index (χ4n) is 5.39. The second kappa shape index (κ2) is 12.4. The number of benzene rings is 2. The minimum atomic E-state index is -1.79. The van der Waals surface area contributed by atoms with Gasteiger partial charge in [-0.05, 0) is 31.2 Å². The molecule has 1 aromatic heterocycles. The van der Waals surface area contributed by atoms with Crippen LogP contribution < -0.4 is 14.9 Å². The molecule has 2 aliphatic rings. The topological polar surface area (TPSA) is 218 Å². The molecule has 10 atom stereocenters. The average Bonchev–Trinajstić information content (AvgIpc) is 3.00. The van der Waals surface area contributed by atoms with Gasteiger partial charge in [0.05, 0.1) is 32.5 Å². The molecule has 7 N–H and O–H groups in total. The van der Waals surface area contributed by atoms with Gasteiger partial charge in [0, 0.05) is 17.7 Å². The molecule has 0 radical (unpaired) electrons. The van der Waals surface area contributed by atoms with Crippen molar-refractivity contribution in [1.29, 1.82) is 0 Å². The number of methoxy groups -OCH3 is 2. The monoisotopic (exact) mass is 606 g/mol. The average molecular weight is 607 g/mol. The molecule has 43 heavy (non-hydrogen) atoms. The summed E-state index contributed by atoms with van der Waals surface area (Å²) in [6, 6.07) is 9.26. The fourth-order valence-corrected chi connectivity index (χ4v) is 5.39. The minimum Gasteiger partial charge on any atom is -0.506 e. The molecule has 0 bridgehead atoms. The second-order valence-corrected chi connectivity index (χ2v) is 10.5. The molecule has 2 saturated heterocycles. The van der Waals surface area contributed by atoms with Crippen molar-refractivity contribution in [2.45, 2.75) is 68.1 Å². The van der Waals surface area contributed by atoms with E-state index in [-0.39, 0.29) is 28.0 Å². The van der Waals surface area contributed by atoms with Crippen LogP contribution >= 0.6 is 0 Å². The molecule has 0 aliphatic carbocycles. The predicted octanol–water partition coefficient (Wildman–Crippen LogP) is -0.451. The molecule has 14 heteroatoms. The van der Waals surface area contributed by atoms with E-state index in [0.29, 0.717) is 11.3 Å². The van der Waals surface area contributed by atoms with Gasteiger partial charge in [0.1, 0.15) is 82.8 Å². The number of ether oxygens (including phenoxy) is 5. The van der Waals surface area contributed by atoms with E-state index < -0.39 is 79.0 Å². The van der Waals surface area contributed by atoms with Gasteiger partial charge in [0.15, 0.2) is 11.7 Å². The van der Waals surface area contributed by atoms with E-state index in [4.69, 9.17) is 28.1 Å². The molecule has 234 valence electrons. The summed E-state index contributed by atoms with van der Waals surface area (Å²) in [7, 11) is 2.79. The number of aromatic hydroxyl groups is 1. The quantitative estimate of drug-likeness (QED) is 0.181. The van der Waals surface area contributed by atoms with Crippen LogP contribution in [-0.2, 0) is 14.2 Å². The van der Waals surface area contributed by atoms with Crippen LogP contribution in [0.1, 0.15) is 18.6 Å². The van der Waals surface area contributed by atoms with Crippen LogP contribution in [0.4, 0.5) is 0 Å². The van der Waals surface area contributed by atoms with Crippen molar-refractivity contribution in [3.05, 3.63) is 52.2 Å². The molecule has 3 aromatic rings. The van der Waals surface area contributed by atoms with Crippen molar-refractivity contribution in [2.24, 2.45) is 0 Å². The van der Waals surface area contributed by atoms with Crippen molar-refractivity contribution >= 4 is 11.0 Å². The Hall–Kier alpha value is -3.31. The molecule has 2 fully saturated rings. The highest BCUT2D eigenvalue weighted by molar-refractivity contribution is 5.88. The molecule has 0 spiro atoms. The van der Waals surface area contributed by atoms with Crippen molar-refractivity contribution < 1.29 is 63.8 Å². The maximum absolute atomic E-state index is 13.3. The lowest BCUT2D eigenvalue weighted by Crippen LogP contribution is -2.61. The van der Waals surface area contributed by atoms with Crippen LogP contribution in [0.5, 0.6) is 17.2 Å². The summed E-state index contributed by atoms with van der Waals surface area (Å²) in [5.41, 5.74) is -0.298. The highest BCUT2D eigenvalue weighted by Crippen LogP contribution is 2.46. The van der Waals surface area contributed by atoms with Gasteiger partial charge < -0.3 is 63.8 Å². The Morgan fingerprint density at radius 1 is 0.860 bits per heavy atom. The lowest BCUT2D eigenvalue weighted by Gasteiger charge is -2.46. The van der Waals surface area contributed by atoms with Crippen LogP contribution in [0.3, 0.4) is 0 Å². The summed E-state index contributed by atoms with van der Waals surface area (Å²) in [5, 5.41) is 73.6. The smallest absolute Gasteiger partial charge is 0.197 e. The van der Waals surface area contributed by atoms with E-state index in [1.165, 1.54) is 33.3 Å². The molecular weight excluding hydrogens is 572 g/mol. The first-order valence-electron chi connectivity index (χ1n) is 13.5. The molecule has 2 aliphatic heterocycles. The highest BCUT2D eigenvalue weighted by atomic mass is 16.7. The molecular formula is C29H34O14. The molecule has 14 nitrogen and oxygen atoms in total. The van der Waals surface area contributed by atoms with Gasteiger partial charge in [-0.15, -0.1) is 0 Å². The van der Waals surface area contributed by atoms with E-state index >= 15 is 0 Å². The van der Waals surface area contributed by atoms with Gasteiger partial charge in [-0.25, -0.2) is 0 Å². The third-order valence-electron chi connectivity index (χ3n) is 7.84. The number of rotatable bonds is 7. The van der Waals surface area contributed by atoms with Gasteiger partial charge >= 0.3 is 0 Å². The van der Waals surface area contributed by atoms with E-state index in [2.05, 4.69) is 0 Å². The maximum atomic E-state index is 13.3.